The summed E-state index contributed by atoms with van der Waals surface area (Å²) in [5.41, 5.74) is 6.65. The van der Waals surface area contributed by atoms with Crippen LogP contribution in [-0.2, 0) is 9.59 Å². The van der Waals surface area contributed by atoms with Gasteiger partial charge < -0.3 is 15.7 Å². The molecule has 0 saturated carbocycles. The van der Waals surface area contributed by atoms with Gasteiger partial charge in [0.15, 0.2) is 0 Å². The highest BCUT2D eigenvalue weighted by Crippen LogP contribution is 2.22. The Morgan fingerprint density at radius 2 is 1.90 bits per heavy atom. The molecule has 0 fully saturated rings. The zero-order valence-electron chi connectivity index (χ0n) is 11.3. The summed E-state index contributed by atoms with van der Waals surface area (Å²) in [7, 11) is 0. The molecule has 6 heteroatoms. The molecule has 1 amide bonds. The molecule has 2 aromatic rings. The van der Waals surface area contributed by atoms with E-state index in [0.29, 0.717) is 5.69 Å². The van der Waals surface area contributed by atoms with Crippen LogP contribution in [0.4, 0.5) is 5.69 Å². The van der Waals surface area contributed by atoms with Crippen LogP contribution in [0.1, 0.15) is 17.3 Å². The molecule has 1 heterocycles. The van der Waals surface area contributed by atoms with E-state index >= 15 is 0 Å². The second-order valence-electron chi connectivity index (χ2n) is 4.46. The number of thiophene rings is 1. The molecule has 1 atom stereocenters. The first-order chi connectivity index (χ1) is 10.1. The smallest absolute Gasteiger partial charge is 0.305 e. The summed E-state index contributed by atoms with van der Waals surface area (Å²) in [4.78, 5) is 25.5. The summed E-state index contributed by atoms with van der Waals surface area (Å²) in [6.45, 7) is 0.0945. The van der Waals surface area contributed by atoms with Crippen molar-refractivity contribution in [3.8, 4) is 0 Å². The molecule has 0 bridgehead atoms. The molecular formula is C15H16N2O3S. The average Bonchev–Trinajstić information content (AvgIpc) is 3.01. The quantitative estimate of drug-likeness (QED) is 0.857. The van der Waals surface area contributed by atoms with Gasteiger partial charge in [-0.2, -0.15) is 0 Å². The predicted octanol–water partition coefficient (Wildman–Crippen LogP) is 2.26. The number of amides is 1. The molecule has 0 spiro atoms. The number of anilines is 1. The molecular weight excluding hydrogens is 288 g/mol. The van der Waals surface area contributed by atoms with Crippen LogP contribution >= 0.6 is 11.3 Å². The number of nitrogens with zero attached hydrogens (tertiary/aromatic N) is 1. The minimum Gasteiger partial charge on any atom is -0.481 e. The lowest BCUT2D eigenvalue weighted by Crippen LogP contribution is -2.39. The van der Waals surface area contributed by atoms with Crippen molar-refractivity contribution in [2.75, 3.05) is 11.4 Å². The Labute approximate surface area is 126 Å². The molecule has 110 valence electrons. The van der Waals surface area contributed by atoms with Gasteiger partial charge in [-0.3, -0.25) is 9.59 Å². The number of para-hydroxylation sites is 1. The Kier molecular flexibility index (Phi) is 5.08. The van der Waals surface area contributed by atoms with Gasteiger partial charge in [-0.1, -0.05) is 24.3 Å². The van der Waals surface area contributed by atoms with E-state index in [4.69, 9.17) is 10.8 Å². The fraction of sp³-hybridized carbons (Fsp3) is 0.200. The van der Waals surface area contributed by atoms with Crippen molar-refractivity contribution in [3.63, 3.8) is 0 Å². The van der Waals surface area contributed by atoms with Gasteiger partial charge in [0.25, 0.3) is 0 Å². The first kappa shape index (κ1) is 15.2. The molecule has 0 aliphatic rings. The monoisotopic (exact) mass is 304 g/mol. The lowest BCUT2D eigenvalue weighted by Gasteiger charge is -2.25. The Morgan fingerprint density at radius 3 is 2.48 bits per heavy atom. The molecule has 21 heavy (non-hydrogen) atoms. The van der Waals surface area contributed by atoms with E-state index < -0.39 is 12.0 Å². The number of carbonyl (C=O) groups is 2. The van der Waals surface area contributed by atoms with Gasteiger partial charge in [-0.25, -0.2) is 0 Å². The van der Waals surface area contributed by atoms with Gasteiger partial charge in [0.2, 0.25) is 5.91 Å². The van der Waals surface area contributed by atoms with Crippen LogP contribution in [0.25, 0.3) is 0 Å². The van der Waals surface area contributed by atoms with E-state index in [2.05, 4.69) is 0 Å². The number of carboxylic acids is 1. The maximum atomic E-state index is 12.6. The van der Waals surface area contributed by atoms with Gasteiger partial charge >= 0.3 is 5.97 Å². The Hall–Kier alpha value is -2.18. The van der Waals surface area contributed by atoms with E-state index in [1.54, 1.807) is 30.3 Å². The predicted molar refractivity (Wildman–Crippen MR) is 82.3 cm³/mol. The highest BCUT2D eigenvalue weighted by molar-refractivity contribution is 7.10. The molecule has 0 aliphatic carbocycles. The molecule has 0 aliphatic heterocycles. The molecule has 1 aromatic heterocycles. The van der Waals surface area contributed by atoms with Gasteiger partial charge in [0.1, 0.15) is 6.04 Å². The number of carboxylic acid groups (broad SMARTS) is 1. The maximum absolute atomic E-state index is 12.6. The third kappa shape index (κ3) is 3.90. The van der Waals surface area contributed by atoms with Crippen LogP contribution in [0.5, 0.6) is 0 Å². The third-order valence-corrected chi connectivity index (χ3v) is 3.95. The Morgan fingerprint density at radius 1 is 1.19 bits per heavy atom. The van der Waals surface area contributed by atoms with Gasteiger partial charge in [0.05, 0.1) is 6.42 Å². The summed E-state index contributed by atoms with van der Waals surface area (Å²) in [6, 6.07) is 11.8. The lowest BCUT2D eigenvalue weighted by atomic mass is 10.2. The highest BCUT2D eigenvalue weighted by Gasteiger charge is 2.24. The standard InChI is InChI=1S/C15H16N2O3S/c16-14(12-7-4-10-21-12)15(20)17(9-8-13(18)19)11-5-2-1-3-6-11/h1-7,10,14H,8-9,16H2,(H,18,19). The number of carbonyl (C=O) groups excluding carboxylic acids is 1. The minimum absolute atomic E-state index is 0.0945. The van der Waals surface area contributed by atoms with Crippen LogP contribution in [0.3, 0.4) is 0 Å². The number of hydrogen-bond acceptors (Lipinski definition) is 4. The third-order valence-electron chi connectivity index (χ3n) is 3.00. The van der Waals surface area contributed by atoms with Crippen LogP contribution in [0, 0.1) is 0 Å². The van der Waals surface area contributed by atoms with Crippen LogP contribution in [-0.4, -0.2) is 23.5 Å². The number of hydrogen-bond donors (Lipinski definition) is 2. The minimum atomic E-state index is -0.951. The van der Waals surface area contributed by atoms with E-state index in [-0.39, 0.29) is 18.9 Å². The summed E-state index contributed by atoms with van der Waals surface area (Å²) in [5, 5.41) is 10.7. The molecule has 1 aromatic carbocycles. The SMILES string of the molecule is NC(C(=O)N(CCC(=O)O)c1ccccc1)c1cccs1. The summed E-state index contributed by atoms with van der Waals surface area (Å²) in [6.07, 6.45) is -0.127. The van der Waals surface area contributed by atoms with Crippen LogP contribution in [0.15, 0.2) is 47.8 Å². The molecule has 1 unspecified atom stereocenters. The van der Waals surface area contributed by atoms with Gasteiger partial charge in [0, 0.05) is 17.1 Å². The molecule has 0 saturated heterocycles. The van der Waals surface area contributed by atoms with E-state index in [1.807, 2.05) is 17.5 Å². The average molecular weight is 304 g/mol. The molecule has 5 nitrogen and oxygen atoms in total. The zero-order chi connectivity index (χ0) is 15.2. The largest absolute Gasteiger partial charge is 0.481 e. The molecule has 2 rings (SSSR count). The van der Waals surface area contributed by atoms with Crippen molar-refractivity contribution in [2.24, 2.45) is 5.73 Å². The molecule has 3 N–H and O–H groups in total. The highest BCUT2D eigenvalue weighted by atomic mass is 32.1. The number of benzene rings is 1. The first-order valence-corrected chi connectivity index (χ1v) is 7.35. The normalized spacial score (nSPS) is 11.9. The van der Waals surface area contributed by atoms with Crippen molar-refractivity contribution in [3.05, 3.63) is 52.7 Å². The van der Waals surface area contributed by atoms with Crippen LogP contribution in [0.2, 0.25) is 0 Å². The zero-order valence-corrected chi connectivity index (χ0v) is 12.1. The topological polar surface area (TPSA) is 83.6 Å². The Bertz CT molecular complexity index is 599. The second kappa shape index (κ2) is 7.01. The number of nitrogens with two attached hydrogens (primary N) is 1. The van der Waals surface area contributed by atoms with Crippen molar-refractivity contribution < 1.29 is 14.7 Å². The van der Waals surface area contributed by atoms with Crippen molar-refractivity contribution in [1.29, 1.82) is 0 Å². The molecule has 0 radical (unpaired) electrons. The van der Waals surface area contributed by atoms with Gasteiger partial charge in [-0.15, -0.1) is 11.3 Å². The number of aliphatic carboxylic acids is 1. The number of rotatable bonds is 6. The Balaban J connectivity index is 2.22. The fourth-order valence-corrected chi connectivity index (χ4v) is 2.66. The fourth-order valence-electron chi connectivity index (χ4n) is 1.94. The van der Waals surface area contributed by atoms with Gasteiger partial charge in [-0.05, 0) is 23.6 Å². The van der Waals surface area contributed by atoms with E-state index in [0.717, 1.165) is 4.88 Å². The second-order valence-corrected chi connectivity index (χ2v) is 5.44. The summed E-state index contributed by atoms with van der Waals surface area (Å²) >= 11 is 1.41. The van der Waals surface area contributed by atoms with E-state index in [1.165, 1.54) is 16.2 Å². The van der Waals surface area contributed by atoms with Crippen molar-refractivity contribution in [1.82, 2.24) is 0 Å². The summed E-state index contributed by atoms with van der Waals surface area (Å²) < 4.78 is 0. The lowest BCUT2D eigenvalue weighted by molar-refractivity contribution is -0.136. The van der Waals surface area contributed by atoms with E-state index in [9.17, 15) is 9.59 Å². The van der Waals surface area contributed by atoms with Crippen LogP contribution < -0.4 is 10.6 Å². The summed E-state index contributed by atoms with van der Waals surface area (Å²) in [5.74, 6) is -1.25. The van der Waals surface area contributed by atoms with Crippen molar-refractivity contribution >= 4 is 28.9 Å². The first-order valence-electron chi connectivity index (χ1n) is 6.47. The van der Waals surface area contributed by atoms with Crippen molar-refractivity contribution in [2.45, 2.75) is 12.5 Å². The maximum Gasteiger partial charge on any atom is 0.305 e.